The predicted octanol–water partition coefficient (Wildman–Crippen LogP) is 2.27. The molecule has 2 rings (SSSR count). The molecular formula is C17H25NO4S. The Balaban J connectivity index is 1.91. The van der Waals surface area contributed by atoms with Crippen LogP contribution < -0.4 is 14.8 Å². The number of ether oxygens (including phenoxy) is 3. The number of hydrogen-bond donors (Lipinski definition) is 1. The molecule has 5 nitrogen and oxygen atoms in total. The maximum Gasteiger partial charge on any atom is 0.224 e. The SMILES string of the molecule is COc1ccc(CC(=O)NCC2(OC)CCSCC2)cc1OC. The quantitative estimate of drug-likeness (QED) is 0.826. The average Bonchev–Trinajstić information content (AvgIpc) is 2.60. The minimum Gasteiger partial charge on any atom is -0.493 e. The van der Waals surface area contributed by atoms with Gasteiger partial charge in [0.25, 0.3) is 0 Å². The highest BCUT2D eigenvalue weighted by atomic mass is 32.2. The Bertz CT molecular complexity index is 529. The van der Waals surface area contributed by atoms with Gasteiger partial charge in [-0.1, -0.05) is 6.07 Å². The van der Waals surface area contributed by atoms with Gasteiger partial charge in [-0.2, -0.15) is 11.8 Å². The maximum absolute atomic E-state index is 12.2. The Labute approximate surface area is 142 Å². The van der Waals surface area contributed by atoms with Gasteiger partial charge < -0.3 is 19.5 Å². The van der Waals surface area contributed by atoms with Crippen molar-refractivity contribution < 1.29 is 19.0 Å². The standard InChI is InChI=1S/C17H25NO4S/c1-20-14-5-4-13(10-15(14)21-2)11-16(19)18-12-17(22-3)6-8-23-9-7-17/h4-5,10H,6-9,11-12H2,1-3H3,(H,18,19). The largest absolute Gasteiger partial charge is 0.493 e. The molecule has 0 radical (unpaired) electrons. The van der Waals surface area contributed by atoms with Crippen LogP contribution in [0.25, 0.3) is 0 Å². The third-order valence-corrected chi connectivity index (χ3v) is 5.24. The van der Waals surface area contributed by atoms with Gasteiger partial charge in [-0.05, 0) is 42.0 Å². The minimum atomic E-state index is -0.210. The summed E-state index contributed by atoms with van der Waals surface area (Å²) in [4.78, 5) is 12.2. The number of nitrogens with one attached hydrogen (secondary N) is 1. The Hall–Kier alpha value is -1.40. The molecule has 0 spiro atoms. The number of benzene rings is 1. The number of thioether (sulfide) groups is 1. The Morgan fingerprint density at radius 2 is 1.87 bits per heavy atom. The van der Waals surface area contributed by atoms with Gasteiger partial charge in [-0.3, -0.25) is 4.79 Å². The van der Waals surface area contributed by atoms with Crippen molar-refractivity contribution in [1.29, 1.82) is 0 Å². The first-order valence-corrected chi connectivity index (χ1v) is 8.88. The molecule has 1 fully saturated rings. The summed E-state index contributed by atoms with van der Waals surface area (Å²) in [6, 6.07) is 5.53. The highest BCUT2D eigenvalue weighted by Crippen LogP contribution is 2.30. The van der Waals surface area contributed by atoms with E-state index in [1.165, 1.54) is 0 Å². The van der Waals surface area contributed by atoms with Crippen LogP contribution in [-0.4, -0.2) is 50.9 Å². The second kappa shape index (κ2) is 8.45. The van der Waals surface area contributed by atoms with E-state index in [9.17, 15) is 4.79 Å². The van der Waals surface area contributed by atoms with Gasteiger partial charge in [0, 0.05) is 13.7 Å². The first-order chi connectivity index (χ1) is 11.1. The summed E-state index contributed by atoms with van der Waals surface area (Å²) in [6.07, 6.45) is 2.27. The van der Waals surface area contributed by atoms with E-state index < -0.39 is 0 Å². The van der Waals surface area contributed by atoms with Crippen LogP contribution in [0.4, 0.5) is 0 Å². The van der Waals surface area contributed by atoms with Crippen molar-refractivity contribution in [2.24, 2.45) is 0 Å². The molecule has 1 heterocycles. The molecule has 1 amide bonds. The second-order valence-corrected chi connectivity index (χ2v) is 6.87. The van der Waals surface area contributed by atoms with Crippen LogP contribution in [0.5, 0.6) is 11.5 Å². The van der Waals surface area contributed by atoms with E-state index in [2.05, 4.69) is 5.32 Å². The van der Waals surface area contributed by atoms with Crippen molar-refractivity contribution in [2.45, 2.75) is 24.9 Å². The molecule has 1 aromatic carbocycles. The number of amides is 1. The second-order valence-electron chi connectivity index (χ2n) is 5.64. The van der Waals surface area contributed by atoms with Crippen LogP contribution >= 0.6 is 11.8 Å². The molecule has 6 heteroatoms. The molecule has 0 unspecified atom stereocenters. The van der Waals surface area contributed by atoms with Gasteiger partial charge in [-0.15, -0.1) is 0 Å². The monoisotopic (exact) mass is 339 g/mol. The third kappa shape index (κ3) is 4.78. The summed E-state index contributed by atoms with van der Waals surface area (Å²) in [5.41, 5.74) is 0.684. The highest BCUT2D eigenvalue weighted by Gasteiger charge is 2.32. The lowest BCUT2D eigenvalue weighted by atomic mass is 9.96. The van der Waals surface area contributed by atoms with Gasteiger partial charge in [0.1, 0.15) is 0 Å². The maximum atomic E-state index is 12.2. The molecule has 23 heavy (non-hydrogen) atoms. The van der Waals surface area contributed by atoms with Crippen molar-refractivity contribution in [3.05, 3.63) is 23.8 Å². The molecule has 0 aliphatic carbocycles. The van der Waals surface area contributed by atoms with Crippen molar-refractivity contribution in [3.63, 3.8) is 0 Å². The lowest BCUT2D eigenvalue weighted by molar-refractivity contribution is -0.122. The van der Waals surface area contributed by atoms with Gasteiger partial charge >= 0.3 is 0 Å². The number of hydrogen-bond acceptors (Lipinski definition) is 5. The molecule has 1 N–H and O–H groups in total. The summed E-state index contributed by atoms with van der Waals surface area (Å²) < 4.78 is 16.2. The molecule has 1 aliphatic rings. The van der Waals surface area contributed by atoms with Gasteiger partial charge in [-0.25, -0.2) is 0 Å². The topological polar surface area (TPSA) is 56.8 Å². The van der Waals surface area contributed by atoms with Gasteiger partial charge in [0.05, 0.1) is 26.2 Å². The molecule has 1 saturated heterocycles. The van der Waals surface area contributed by atoms with Crippen LogP contribution in [0.2, 0.25) is 0 Å². The number of carbonyl (C=O) groups is 1. The summed E-state index contributed by atoms with van der Waals surface area (Å²) in [5, 5.41) is 3.01. The minimum absolute atomic E-state index is 0.00753. The van der Waals surface area contributed by atoms with E-state index in [0.29, 0.717) is 24.5 Å². The predicted molar refractivity (Wildman–Crippen MR) is 92.6 cm³/mol. The van der Waals surface area contributed by atoms with Crippen molar-refractivity contribution in [2.75, 3.05) is 39.4 Å². The smallest absolute Gasteiger partial charge is 0.224 e. The number of methoxy groups -OCH3 is 3. The molecule has 128 valence electrons. The fraction of sp³-hybridized carbons (Fsp3) is 0.588. The van der Waals surface area contributed by atoms with Crippen molar-refractivity contribution in [3.8, 4) is 11.5 Å². The fourth-order valence-corrected chi connectivity index (χ4v) is 3.93. The van der Waals surface area contributed by atoms with Crippen molar-refractivity contribution >= 4 is 17.7 Å². The normalized spacial score (nSPS) is 16.7. The van der Waals surface area contributed by atoms with Crippen LogP contribution in [0.15, 0.2) is 18.2 Å². The zero-order valence-corrected chi connectivity index (χ0v) is 14.8. The van der Waals surface area contributed by atoms with E-state index in [1.807, 2.05) is 30.0 Å². The van der Waals surface area contributed by atoms with E-state index in [-0.39, 0.29) is 11.5 Å². The molecule has 1 aliphatic heterocycles. The number of rotatable bonds is 7. The zero-order chi connectivity index (χ0) is 16.7. The Morgan fingerprint density at radius 3 is 2.48 bits per heavy atom. The van der Waals surface area contributed by atoms with Crippen LogP contribution in [0.3, 0.4) is 0 Å². The first kappa shape index (κ1) is 17.9. The molecule has 1 aromatic rings. The van der Waals surface area contributed by atoms with Gasteiger partial charge in [0.2, 0.25) is 5.91 Å². The summed E-state index contributed by atoms with van der Waals surface area (Å²) in [5.74, 6) is 3.45. The average molecular weight is 339 g/mol. The fourth-order valence-electron chi connectivity index (χ4n) is 2.69. The molecule has 0 saturated carbocycles. The first-order valence-electron chi connectivity index (χ1n) is 7.73. The van der Waals surface area contributed by atoms with Gasteiger partial charge in [0.15, 0.2) is 11.5 Å². The van der Waals surface area contributed by atoms with Crippen LogP contribution in [-0.2, 0) is 16.0 Å². The van der Waals surface area contributed by atoms with Crippen molar-refractivity contribution in [1.82, 2.24) is 5.32 Å². The highest BCUT2D eigenvalue weighted by molar-refractivity contribution is 7.99. The summed E-state index contributed by atoms with van der Waals surface area (Å²) >= 11 is 1.94. The van der Waals surface area contributed by atoms with E-state index in [0.717, 1.165) is 29.9 Å². The van der Waals surface area contributed by atoms with Crippen LogP contribution in [0, 0.1) is 0 Å². The molecule has 0 atom stereocenters. The van der Waals surface area contributed by atoms with Crippen LogP contribution in [0.1, 0.15) is 18.4 Å². The lowest BCUT2D eigenvalue weighted by Crippen LogP contribution is -2.47. The number of carbonyl (C=O) groups excluding carboxylic acids is 1. The molecule has 0 aromatic heterocycles. The zero-order valence-electron chi connectivity index (χ0n) is 14.0. The third-order valence-electron chi connectivity index (χ3n) is 4.26. The summed E-state index contributed by atoms with van der Waals surface area (Å²) in [6.45, 7) is 0.566. The molecular weight excluding hydrogens is 314 g/mol. The summed E-state index contributed by atoms with van der Waals surface area (Å²) in [7, 11) is 4.92. The molecule has 0 bridgehead atoms. The lowest BCUT2D eigenvalue weighted by Gasteiger charge is -2.35. The van der Waals surface area contributed by atoms with E-state index >= 15 is 0 Å². The Kier molecular flexibility index (Phi) is 6.59. The van der Waals surface area contributed by atoms with E-state index in [1.54, 1.807) is 21.3 Å². The Morgan fingerprint density at radius 1 is 1.17 bits per heavy atom. The van der Waals surface area contributed by atoms with E-state index in [4.69, 9.17) is 14.2 Å².